The molecule has 2 heterocycles. The molecule has 27 heavy (non-hydrogen) atoms. The summed E-state index contributed by atoms with van der Waals surface area (Å²) in [5.74, 6) is -0.571. The molecular weight excluding hydrogens is 350 g/mol. The monoisotopic (exact) mass is 369 g/mol. The summed E-state index contributed by atoms with van der Waals surface area (Å²) in [4.78, 5) is 41.5. The summed E-state index contributed by atoms with van der Waals surface area (Å²) in [5.41, 5.74) is 0.507. The van der Waals surface area contributed by atoms with Crippen LogP contribution in [-0.4, -0.2) is 38.5 Å². The van der Waals surface area contributed by atoms with Gasteiger partial charge in [0.05, 0.1) is 23.8 Å². The summed E-state index contributed by atoms with van der Waals surface area (Å²) in [7, 11) is 1.60. The average molecular weight is 369 g/mol. The van der Waals surface area contributed by atoms with Crippen LogP contribution in [0.2, 0.25) is 0 Å². The first-order valence-electron chi connectivity index (χ1n) is 8.37. The molecule has 2 aromatic heterocycles. The van der Waals surface area contributed by atoms with E-state index < -0.39 is 5.97 Å². The lowest BCUT2D eigenvalue weighted by molar-refractivity contribution is -0.130. The predicted molar refractivity (Wildman–Crippen MR) is 97.5 cm³/mol. The van der Waals surface area contributed by atoms with Crippen molar-refractivity contribution in [1.82, 2.24) is 14.5 Å². The van der Waals surface area contributed by atoms with Gasteiger partial charge in [-0.15, -0.1) is 0 Å². The first-order chi connectivity index (χ1) is 12.9. The minimum Gasteiger partial charge on any atom is -0.478 e. The van der Waals surface area contributed by atoms with E-state index in [-0.39, 0.29) is 36.5 Å². The smallest absolute Gasteiger partial charge is 0.339 e. The van der Waals surface area contributed by atoms with E-state index in [0.717, 1.165) is 0 Å². The van der Waals surface area contributed by atoms with E-state index in [1.807, 2.05) is 6.07 Å². The Morgan fingerprint density at radius 1 is 1.30 bits per heavy atom. The maximum absolute atomic E-state index is 12.4. The number of aromatic nitrogens is 2. The number of carboxylic acid groups (broad SMARTS) is 1. The Bertz CT molecular complexity index is 1070. The first-order valence-corrected chi connectivity index (χ1v) is 8.37. The second kappa shape index (κ2) is 7.45. The predicted octanol–water partition coefficient (Wildman–Crippen LogP) is 2.04. The van der Waals surface area contributed by atoms with Gasteiger partial charge in [-0.1, -0.05) is 12.1 Å². The zero-order chi connectivity index (χ0) is 19.6. The summed E-state index contributed by atoms with van der Waals surface area (Å²) in [6, 6.07) is 8.46. The SMILES string of the molecule is Cc1oc(CN(C)C(=O)CCn2cnc3ccccc3c2=O)cc1C(=O)O. The van der Waals surface area contributed by atoms with Crippen molar-refractivity contribution < 1.29 is 19.1 Å². The Morgan fingerprint density at radius 2 is 2.04 bits per heavy atom. The van der Waals surface area contributed by atoms with Crippen LogP contribution in [0, 0.1) is 6.92 Å². The molecule has 0 unspecified atom stereocenters. The van der Waals surface area contributed by atoms with Crippen LogP contribution in [0.25, 0.3) is 10.9 Å². The number of hydrogen-bond acceptors (Lipinski definition) is 5. The number of benzene rings is 1. The van der Waals surface area contributed by atoms with E-state index in [1.54, 1.807) is 32.2 Å². The summed E-state index contributed by atoms with van der Waals surface area (Å²) >= 11 is 0. The highest BCUT2D eigenvalue weighted by molar-refractivity contribution is 5.88. The molecule has 0 spiro atoms. The van der Waals surface area contributed by atoms with Gasteiger partial charge < -0.3 is 14.4 Å². The van der Waals surface area contributed by atoms with Gasteiger partial charge >= 0.3 is 5.97 Å². The number of nitrogens with zero attached hydrogens (tertiary/aromatic N) is 3. The molecular formula is C19H19N3O5. The topological polar surface area (TPSA) is 106 Å². The minimum atomic E-state index is -1.07. The highest BCUT2D eigenvalue weighted by Gasteiger charge is 2.17. The molecule has 3 rings (SSSR count). The lowest BCUT2D eigenvalue weighted by Gasteiger charge is -2.16. The van der Waals surface area contributed by atoms with Crippen molar-refractivity contribution in [2.75, 3.05) is 7.05 Å². The standard InChI is InChI=1S/C19H19N3O5/c1-12-15(19(25)26)9-13(27-12)10-21(2)17(23)7-8-22-11-20-16-6-4-3-5-14(16)18(22)24/h3-6,9,11H,7-8,10H2,1-2H3,(H,25,26). The van der Waals surface area contributed by atoms with Crippen LogP contribution in [0.4, 0.5) is 0 Å². The quantitative estimate of drug-likeness (QED) is 0.713. The van der Waals surface area contributed by atoms with Gasteiger partial charge in [-0.05, 0) is 25.1 Å². The number of carboxylic acids is 1. The normalized spacial score (nSPS) is 10.9. The molecule has 0 aliphatic heterocycles. The number of carbonyl (C=O) groups excluding carboxylic acids is 1. The number of hydrogen-bond donors (Lipinski definition) is 1. The lowest BCUT2D eigenvalue weighted by Crippen LogP contribution is -2.29. The summed E-state index contributed by atoms with van der Waals surface area (Å²) in [6.07, 6.45) is 1.55. The molecule has 0 radical (unpaired) electrons. The number of carbonyl (C=O) groups is 2. The Morgan fingerprint density at radius 3 is 2.74 bits per heavy atom. The molecule has 8 heteroatoms. The number of aromatic carboxylic acids is 1. The Kier molecular flexibility index (Phi) is 5.07. The third kappa shape index (κ3) is 3.89. The number of aryl methyl sites for hydroxylation is 2. The fourth-order valence-corrected chi connectivity index (χ4v) is 2.83. The van der Waals surface area contributed by atoms with Crippen LogP contribution in [0.3, 0.4) is 0 Å². The van der Waals surface area contributed by atoms with Crippen molar-refractivity contribution in [3.63, 3.8) is 0 Å². The van der Waals surface area contributed by atoms with Crippen molar-refractivity contribution in [2.24, 2.45) is 0 Å². The maximum Gasteiger partial charge on any atom is 0.339 e. The lowest BCUT2D eigenvalue weighted by atomic mass is 10.2. The van der Waals surface area contributed by atoms with Crippen LogP contribution in [-0.2, 0) is 17.9 Å². The van der Waals surface area contributed by atoms with E-state index in [0.29, 0.717) is 22.4 Å². The van der Waals surface area contributed by atoms with Crippen LogP contribution in [0.1, 0.15) is 28.3 Å². The minimum absolute atomic E-state index is 0.0830. The fourth-order valence-electron chi connectivity index (χ4n) is 2.83. The van der Waals surface area contributed by atoms with Crippen molar-refractivity contribution >= 4 is 22.8 Å². The van der Waals surface area contributed by atoms with Crippen LogP contribution < -0.4 is 5.56 Å². The van der Waals surface area contributed by atoms with Crippen molar-refractivity contribution in [3.05, 3.63) is 64.1 Å². The molecule has 0 saturated heterocycles. The summed E-state index contributed by atoms with van der Waals surface area (Å²) in [6.45, 7) is 1.92. The molecule has 3 aromatic rings. The van der Waals surface area contributed by atoms with Crippen molar-refractivity contribution in [1.29, 1.82) is 0 Å². The highest BCUT2D eigenvalue weighted by atomic mass is 16.4. The molecule has 1 N–H and O–H groups in total. The van der Waals surface area contributed by atoms with Crippen molar-refractivity contribution in [2.45, 2.75) is 26.4 Å². The van der Waals surface area contributed by atoms with Crippen molar-refractivity contribution in [3.8, 4) is 0 Å². The molecule has 0 fully saturated rings. The third-order valence-electron chi connectivity index (χ3n) is 4.32. The number of para-hydroxylation sites is 1. The molecule has 1 amide bonds. The second-order valence-corrected chi connectivity index (χ2v) is 6.25. The number of furan rings is 1. The number of fused-ring (bicyclic) bond motifs is 1. The third-order valence-corrected chi connectivity index (χ3v) is 4.32. The summed E-state index contributed by atoms with van der Waals surface area (Å²) < 4.78 is 6.80. The van der Waals surface area contributed by atoms with E-state index in [4.69, 9.17) is 9.52 Å². The Hall–Kier alpha value is -3.42. The molecule has 8 nitrogen and oxygen atoms in total. The van der Waals surface area contributed by atoms with Gasteiger partial charge in [-0.3, -0.25) is 14.2 Å². The Balaban J connectivity index is 1.65. The highest BCUT2D eigenvalue weighted by Crippen LogP contribution is 2.16. The van der Waals surface area contributed by atoms with Gasteiger partial charge in [0.2, 0.25) is 5.91 Å². The number of amides is 1. The molecule has 140 valence electrons. The van der Waals surface area contributed by atoms with Gasteiger partial charge in [0, 0.05) is 20.0 Å². The Labute approximate surface area is 154 Å². The van der Waals surface area contributed by atoms with E-state index in [1.165, 1.54) is 21.9 Å². The first kappa shape index (κ1) is 18.4. The van der Waals surface area contributed by atoms with E-state index in [9.17, 15) is 14.4 Å². The average Bonchev–Trinajstić information content (AvgIpc) is 3.01. The van der Waals surface area contributed by atoms with Gasteiger partial charge in [0.1, 0.15) is 17.1 Å². The summed E-state index contributed by atoms with van der Waals surface area (Å²) in [5, 5.41) is 9.56. The number of rotatable bonds is 6. The molecule has 0 saturated carbocycles. The largest absolute Gasteiger partial charge is 0.478 e. The zero-order valence-electron chi connectivity index (χ0n) is 15.0. The second-order valence-electron chi connectivity index (χ2n) is 6.25. The van der Waals surface area contributed by atoms with Crippen LogP contribution >= 0.6 is 0 Å². The fraction of sp³-hybridized carbons (Fsp3) is 0.263. The maximum atomic E-state index is 12.4. The van der Waals surface area contributed by atoms with E-state index >= 15 is 0 Å². The molecule has 0 bridgehead atoms. The zero-order valence-corrected chi connectivity index (χ0v) is 15.0. The van der Waals surface area contributed by atoms with Crippen LogP contribution in [0.15, 0.2) is 45.9 Å². The van der Waals surface area contributed by atoms with Gasteiger partial charge in [0.15, 0.2) is 0 Å². The van der Waals surface area contributed by atoms with Gasteiger partial charge in [0.25, 0.3) is 5.56 Å². The van der Waals surface area contributed by atoms with Crippen LogP contribution in [0.5, 0.6) is 0 Å². The van der Waals surface area contributed by atoms with Gasteiger partial charge in [-0.2, -0.15) is 0 Å². The van der Waals surface area contributed by atoms with Gasteiger partial charge in [-0.25, -0.2) is 9.78 Å². The molecule has 0 aliphatic carbocycles. The molecule has 0 atom stereocenters. The van der Waals surface area contributed by atoms with E-state index in [2.05, 4.69) is 4.98 Å². The molecule has 0 aliphatic rings. The molecule has 1 aromatic carbocycles.